The van der Waals surface area contributed by atoms with E-state index in [0.29, 0.717) is 5.56 Å². The molecule has 0 heterocycles. The van der Waals surface area contributed by atoms with Crippen molar-refractivity contribution in [3.63, 3.8) is 0 Å². The Kier molecular flexibility index (Phi) is 3.70. The third-order valence-electron chi connectivity index (χ3n) is 2.48. The second-order valence-electron chi connectivity index (χ2n) is 3.82. The fourth-order valence-corrected chi connectivity index (χ4v) is 1.89. The quantitative estimate of drug-likeness (QED) is 0.496. The molecule has 0 amide bonds. The molecule has 0 aromatic heterocycles. The first-order valence-corrected chi connectivity index (χ1v) is 6.79. The Balaban J connectivity index is 3.15. The summed E-state index contributed by atoms with van der Waals surface area (Å²) in [5, 5.41) is 11.2. The van der Waals surface area contributed by atoms with Gasteiger partial charge in [0.25, 0.3) is 0 Å². The maximum absolute atomic E-state index is 11.4. The highest BCUT2D eigenvalue weighted by molar-refractivity contribution is 7.92. The van der Waals surface area contributed by atoms with Crippen LogP contribution in [0.3, 0.4) is 0 Å². The van der Waals surface area contributed by atoms with Crippen LogP contribution in [0.4, 0.5) is 0 Å². The predicted octanol–water partition coefficient (Wildman–Crippen LogP) is 1.61. The summed E-state index contributed by atoms with van der Waals surface area (Å²) in [5.74, 6) is 0. The van der Waals surface area contributed by atoms with Gasteiger partial charge in [0.2, 0.25) is 0 Å². The molecule has 0 aliphatic carbocycles. The summed E-state index contributed by atoms with van der Waals surface area (Å²) in [7, 11) is -3.26. The maximum atomic E-state index is 11.4. The summed E-state index contributed by atoms with van der Waals surface area (Å²) in [6.07, 6.45) is 1.12. The molecule has 0 fully saturated rings. The summed E-state index contributed by atoms with van der Waals surface area (Å²) in [6, 6.07) is 7.17. The van der Waals surface area contributed by atoms with Crippen LogP contribution in [0.25, 0.3) is 0 Å². The van der Waals surface area contributed by atoms with E-state index in [1.54, 1.807) is 12.1 Å². The van der Waals surface area contributed by atoms with Crippen LogP contribution in [0.15, 0.2) is 29.4 Å². The van der Waals surface area contributed by atoms with Crippen molar-refractivity contribution in [1.82, 2.24) is 0 Å². The van der Waals surface area contributed by atoms with Crippen LogP contribution in [0.1, 0.15) is 18.1 Å². The highest BCUT2D eigenvalue weighted by Crippen LogP contribution is 2.11. The first kappa shape index (κ1) is 12.7. The van der Waals surface area contributed by atoms with Gasteiger partial charge in [0.05, 0.1) is 0 Å². The average molecular weight is 241 g/mol. The number of aryl methyl sites for hydroxylation is 1. The summed E-state index contributed by atoms with van der Waals surface area (Å²) in [6.45, 7) is 3.43. The lowest BCUT2D eigenvalue weighted by atomic mass is 10.1. The topological polar surface area (TPSA) is 66.7 Å². The molecule has 1 aromatic carbocycles. The van der Waals surface area contributed by atoms with Crippen molar-refractivity contribution in [2.24, 2.45) is 5.16 Å². The lowest BCUT2D eigenvalue weighted by Gasteiger charge is -2.11. The fraction of sp³-hybridized carbons (Fsp3) is 0.364. The highest BCUT2D eigenvalue weighted by Gasteiger charge is 2.23. The van der Waals surface area contributed by atoms with Crippen LogP contribution in [-0.4, -0.2) is 30.8 Å². The van der Waals surface area contributed by atoms with Crippen LogP contribution in [-0.2, 0) is 9.84 Å². The van der Waals surface area contributed by atoms with E-state index in [2.05, 4.69) is 5.16 Å². The van der Waals surface area contributed by atoms with Gasteiger partial charge in [-0.3, -0.25) is 0 Å². The summed E-state index contributed by atoms with van der Waals surface area (Å²) < 4.78 is 22.8. The Hall–Kier alpha value is -1.36. The number of rotatable bonds is 3. The molecule has 0 spiro atoms. The second kappa shape index (κ2) is 4.65. The van der Waals surface area contributed by atoms with Crippen molar-refractivity contribution < 1.29 is 13.6 Å². The van der Waals surface area contributed by atoms with Gasteiger partial charge in [-0.15, -0.1) is 0 Å². The van der Waals surface area contributed by atoms with Crippen LogP contribution in [0.2, 0.25) is 0 Å². The lowest BCUT2D eigenvalue weighted by molar-refractivity contribution is 0.318. The number of sulfone groups is 1. The number of hydrogen-bond acceptors (Lipinski definition) is 4. The van der Waals surface area contributed by atoms with Crippen molar-refractivity contribution in [1.29, 1.82) is 0 Å². The largest absolute Gasteiger partial charge is 0.411 e. The molecular formula is C11H15NO3S. The summed E-state index contributed by atoms with van der Waals surface area (Å²) in [5.41, 5.74) is 1.85. The maximum Gasteiger partial charge on any atom is 0.155 e. The number of nitrogens with zero attached hydrogens (tertiary/aromatic N) is 1. The first-order valence-electron chi connectivity index (χ1n) is 4.84. The molecule has 88 valence electrons. The molecule has 4 nitrogen and oxygen atoms in total. The normalized spacial score (nSPS) is 14.8. The number of hydrogen-bond donors (Lipinski definition) is 1. The Morgan fingerprint density at radius 2 is 1.81 bits per heavy atom. The van der Waals surface area contributed by atoms with E-state index < -0.39 is 15.1 Å². The molecule has 0 aliphatic rings. The van der Waals surface area contributed by atoms with Gasteiger partial charge in [-0.05, 0) is 13.8 Å². The van der Waals surface area contributed by atoms with E-state index in [1.165, 1.54) is 6.92 Å². The zero-order valence-electron chi connectivity index (χ0n) is 9.51. The highest BCUT2D eigenvalue weighted by atomic mass is 32.2. The molecule has 1 rings (SSSR count). The van der Waals surface area contributed by atoms with E-state index in [0.717, 1.165) is 11.8 Å². The zero-order chi connectivity index (χ0) is 12.3. The third-order valence-corrected chi connectivity index (χ3v) is 3.99. The van der Waals surface area contributed by atoms with E-state index in [-0.39, 0.29) is 5.71 Å². The molecule has 5 heteroatoms. The van der Waals surface area contributed by atoms with Crippen molar-refractivity contribution in [3.8, 4) is 0 Å². The molecule has 0 aliphatic heterocycles. The molecular weight excluding hydrogens is 226 g/mol. The number of oxime groups is 1. The second-order valence-corrected chi connectivity index (χ2v) is 6.19. The van der Waals surface area contributed by atoms with Gasteiger partial charge in [-0.1, -0.05) is 35.0 Å². The minimum Gasteiger partial charge on any atom is -0.411 e. The molecule has 16 heavy (non-hydrogen) atoms. The van der Waals surface area contributed by atoms with Crippen LogP contribution >= 0.6 is 0 Å². The fourth-order valence-electron chi connectivity index (χ4n) is 1.30. The molecule has 1 atom stereocenters. The zero-order valence-corrected chi connectivity index (χ0v) is 10.3. The van der Waals surface area contributed by atoms with E-state index in [4.69, 9.17) is 5.21 Å². The monoisotopic (exact) mass is 241 g/mol. The molecule has 1 unspecified atom stereocenters. The average Bonchev–Trinajstić information content (AvgIpc) is 2.20. The molecule has 1 aromatic rings. The Labute approximate surface area is 95.5 Å². The minimum absolute atomic E-state index is 0.169. The minimum atomic E-state index is -3.26. The standard InChI is InChI=1S/C11H15NO3S/c1-8-4-6-10(7-5-8)11(12-13)9(2)16(3,14)15/h4-7,9,13H,1-3H3/b12-11-. The van der Waals surface area contributed by atoms with Gasteiger partial charge in [0, 0.05) is 11.8 Å². The molecule has 1 N–H and O–H groups in total. The molecule has 0 bridgehead atoms. The smallest absolute Gasteiger partial charge is 0.155 e. The Morgan fingerprint density at radius 1 is 1.31 bits per heavy atom. The first-order chi connectivity index (χ1) is 7.36. The van der Waals surface area contributed by atoms with Crippen molar-refractivity contribution in [2.45, 2.75) is 19.1 Å². The van der Waals surface area contributed by atoms with Crippen molar-refractivity contribution >= 4 is 15.5 Å². The molecule has 0 radical (unpaired) electrons. The van der Waals surface area contributed by atoms with Crippen molar-refractivity contribution in [2.75, 3.05) is 6.26 Å². The van der Waals surface area contributed by atoms with Gasteiger partial charge >= 0.3 is 0 Å². The summed E-state index contributed by atoms with van der Waals surface area (Å²) >= 11 is 0. The third kappa shape index (κ3) is 2.82. The van der Waals surface area contributed by atoms with E-state index in [9.17, 15) is 8.42 Å². The van der Waals surface area contributed by atoms with Gasteiger partial charge < -0.3 is 5.21 Å². The van der Waals surface area contributed by atoms with Crippen LogP contribution in [0.5, 0.6) is 0 Å². The van der Waals surface area contributed by atoms with Crippen LogP contribution < -0.4 is 0 Å². The van der Waals surface area contributed by atoms with Gasteiger partial charge in [0.15, 0.2) is 9.84 Å². The Morgan fingerprint density at radius 3 is 2.19 bits per heavy atom. The van der Waals surface area contributed by atoms with Gasteiger partial charge in [0.1, 0.15) is 11.0 Å². The number of benzene rings is 1. The van der Waals surface area contributed by atoms with Crippen molar-refractivity contribution in [3.05, 3.63) is 35.4 Å². The lowest BCUT2D eigenvalue weighted by Crippen LogP contribution is -2.27. The Bertz CT molecular complexity index is 488. The molecule has 0 saturated heterocycles. The molecule has 0 saturated carbocycles. The van der Waals surface area contributed by atoms with E-state index in [1.807, 2.05) is 19.1 Å². The van der Waals surface area contributed by atoms with Crippen LogP contribution in [0, 0.1) is 6.92 Å². The SMILES string of the molecule is Cc1ccc(/C(=N\O)C(C)S(C)(=O)=O)cc1. The van der Waals surface area contributed by atoms with Gasteiger partial charge in [-0.2, -0.15) is 0 Å². The predicted molar refractivity (Wildman–Crippen MR) is 63.8 cm³/mol. The van der Waals surface area contributed by atoms with E-state index >= 15 is 0 Å². The summed E-state index contributed by atoms with van der Waals surface area (Å²) in [4.78, 5) is 0. The van der Waals surface area contributed by atoms with Gasteiger partial charge in [-0.25, -0.2) is 8.42 Å².